The highest BCUT2D eigenvalue weighted by molar-refractivity contribution is 7.98. The molecule has 0 aliphatic carbocycles. The second-order valence-corrected chi connectivity index (χ2v) is 6.24. The number of hydrogen-bond donors (Lipinski definition) is 1. The zero-order valence-electron chi connectivity index (χ0n) is 13.8. The van der Waals surface area contributed by atoms with Crippen molar-refractivity contribution >= 4 is 34.7 Å². The summed E-state index contributed by atoms with van der Waals surface area (Å²) in [5.74, 6) is 0.357. The number of thioether (sulfide) groups is 1. The average Bonchev–Trinajstić information content (AvgIpc) is 2.67. The molecule has 0 atom stereocenters. The van der Waals surface area contributed by atoms with Crippen LogP contribution in [-0.4, -0.2) is 25.0 Å². The summed E-state index contributed by atoms with van der Waals surface area (Å²) in [5, 5.41) is 6.16. The second-order valence-electron chi connectivity index (χ2n) is 5.36. The van der Waals surface area contributed by atoms with Gasteiger partial charge >= 0.3 is 0 Å². The third-order valence-corrected chi connectivity index (χ3v) is 4.35. The number of carbonyl (C=O) groups excluding carboxylic acids is 1. The SMILES string of the molecule is CSc1ccc(/C=N\NC(=O)COc2ccc3ccccc3c2)cc1. The molecule has 0 bridgehead atoms. The summed E-state index contributed by atoms with van der Waals surface area (Å²) in [5.41, 5.74) is 3.39. The van der Waals surface area contributed by atoms with Crippen molar-refractivity contribution in [1.29, 1.82) is 0 Å². The molecule has 0 aliphatic heterocycles. The fourth-order valence-corrected chi connectivity index (χ4v) is 2.72. The molecule has 0 fully saturated rings. The van der Waals surface area contributed by atoms with Gasteiger partial charge in [-0.05, 0) is 46.9 Å². The van der Waals surface area contributed by atoms with Crippen LogP contribution in [0.15, 0.2) is 76.7 Å². The molecule has 0 saturated heterocycles. The largest absolute Gasteiger partial charge is 0.484 e. The minimum absolute atomic E-state index is 0.0822. The van der Waals surface area contributed by atoms with Crippen LogP contribution in [0, 0.1) is 0 Å². The minimum Gasteiger partial charge on any atom is -0.484 e. The molecule has 0 radical (unpaired) electrons. The highest BCUT2D eigenvalue weighted by Crippen LogP contribution is 2.20. The number of benzene rings is 3. The normalized spacial score (nSPS) is 10.9. The maximum absolute atomic E-state index is 11.8. The Labute approximate surface area is 150 Å². The lowest BCUT2D eigenvalue weighted by Crippen LogP contribution is -2.24. The zero-order chi connectivity index (χ0) is 17.5. The van der Waals surface area contributed by atoms with E-state index in [0.717, 1.165) is 16.3 Å². The number of nitrogens with zero attached hydrogens (tertiary/aromatic N) is 1. The molecule has 4 nitrogen and oxygen atoms in total. The Balaban J connectivity index is 1.50. The first-order valence-electron chi connectivity index (χ1n) is 7.82. The van der Waals surface area contributed by atoms with Gasteiger partial charge in [-0.3, -0.25) is 4.79 Å². The summed E-state index contributed by atoms with van der Waals surface area (Å²) < 4.78 is 5.52. The van der Waals surface area contributed by atoms with E-state index in [2.05, 4.69) is 10.5 Å². The van der Waals surface area contributed by atoms with Crippen LogP contribution in [0.1, 0.15) is 5.56 Å². The van der Waals surface area contributed by atoms with Crippen LogP contribution in [0.2, 0.25) is 0 Å². The van der Waals surface area contributed by atoms with Crippen LogP contribution in [0.25, 0.3) is 10.8 Å². The van der Waals surface area contributed by atoms with Gasteiger partial charge in [-0.15, -0.1) is 11.8 Å². The van der Waals surface area contributed by atoms with E-state index < -0.39 is 0 Å². The monoisotopic (exact) mass is 350 g/mol. The van der Waals surface area contributed by atoms with Crippen molar-refractivity contribution in [3.05, 3.63) is 72.3 Å². The van der Waals surface area contributed by atoms with Crippen LogP contribution in [0.4, 0.5) is 0 Å². The van der Waals surface area contributed by atoms with E-state index in [0.29, 0.717) is 5.75 Å². The third kappa shape index (κ3) is 4.84. The molecule has 3 rings (SSSR count). The van der Waals surface area contributed by atoms with Crippen LogP contribution in [0.5, 0.6) is 5.75 Å². The van der Waals surface area contributed by atoms with E-state index in [-0.39, 0.29) is 12.5 Å². The topological polar surface area (TPSA) is 50.7 Å². The number of carbonyl (C=O) groups is 1. The highest BCUT2D eigenvalue weighted by atomic mass is 32.2. The van der Waals surface area contributed by atoms with Crippen LogP contribution in [-0.2, 0) is 4.79 Å². The Bertz CT molecular complexity index is 892. The third-order valence-electron chi connectivity index (χ3n) is 3.61. The van der Waals surface area contributed by atoms with Gasteiger partial charge in [-0.2, -0.15) is 5.10 Å². The molecule has 126 valence electrons. The van der Waals surface area contributed by atoms with Gasteiger partial charge in [0.1, 0.15) is 5.75 Å². The molecule has 0 spiro atoms. The fourth-order valence-electron chi connectivity index (χ4n) is 2.31. The van der Waals surface area contributed by atoms with Gasteiger partial charge in [0.15, 0.2) is 6.61 Å². The van der Waals surface area contributed by atoms with Crippen LogP contribution < -0.4 is 10.2 Å². The predicted molar refractivity (Wildman–Crippen MR) is 103 cm³/mol. The summed E-state index contributed by atoms with van der Waals surface area (Å²) in [4.78, 5) is 13.0. The molecule has 1 amide bonds. The van der Waals surface area contributed by atoms with Crippen LogP contribution >= 0.6 is 11.8 Å². The number of hydrogen-bond acceptors (Lipinski definition) is 4. The first kappa shape index (κ1) is 17.0. The van der Waals surface area contributed by atoms with Crippen molar-refractivity contribution in [2.24, 2.45) is 5.10 Å². The number of nitrogens with one attached hydrogen (secondary N) is 1. The molecule has 25 heavy (non-hydrogen) atoms. The lowest BCUT2D eigenvalue weighted by atomic mass is 10.1. The van der Waals surface area contributed by atoms with Crippen molar-refractivity contribution in [2.75, 3.05) is 12.9 Å². The van der Waals surface area contributed by atoms with Gasteiger partial charge in [-0.1, -0.05) is 42.5 Å². The summed E-state index contributed by atoms with van der Waals surface area (Å²) in [6.07, 6.45) is 3.64. The van der Waals surface area contributed by atoms with Gasteiger partial charge in [0.25, 0.3) is 5.91 Å². The second kappa shape index (κ2) is 8.35. The molecule has 0 heterocycles. The number of hydrazone groups is 1. The Kier molecular flexibility index (Phi) is 5.69. The molecule has 0 aliphatic rings. The van der Waals surface area contributed by atoms with Crippen molar-refractivity contribution in [3.8, 4) is 5.75 Å². The average molecular weight is 350 g/mol. The summed E-state index contributed by atoms with van der Waals surface area (Å²) >= 11 is 1.68. The molecule has 3 aromatic rings. The molecule has 0 saturated carbocycles. The number of fused-ring (bicyclic) bond motifs is 1. The molecule has 0 unspecified atom stereocenters. The molecule has 1 N–H and O–H groups in total. The van der Waals surface area contributed by atoms with Crippen molar-refractivity contribution < 1.29 is 9.53 Å². The van der Waals surface area contributed by atoms with E-state index >= 15 is 0 Å². The maximum Gasteiger partial charge on any atom is 0.277 e. The van der Waals surface area contributed by atoms with Gasteiger partial charge in [0, 0.05) is 4.90 Å². The summed E-state index contributed by atoms with van der Waals surface area (Å²) in [7, 11) is 0. The van der Waals surface area contributed by atoms with E-state index in [1.165, 1.54) is 4.90 Å². The standard InChI is InChI=1S/C20H18N2O2S/c1-25-19-10-6-15(7-11-19)13-21-22-20(23)14-24-18-9-8-16-4-2-3-5-17(16)12-18/h2-13H,14H2,1H3,(H,22,23)/b21-13-. The fraction of sp³-hybridized carbons (Fsp3) is 0.100. The smallest absolute Gasteiger partial charge is 0.277 e. The predicted octanol–water partition coefficient (Wildman–Crippen LogP) is 4.09. The van der Waals surface area contributed by atoms with E-state index in [1.54, 1.807) is 18.0 Å². The van der Waals surface area contributed by atoms with E-state index in [1.807, 2.05) is 73.0 Å². The molecule has 5 heteroatoms. The molecular formula is C20H18N2O2S. The quantitative estimate of drug-likeness (QED) is 0.414. The zero-order valence-corrected chi connectivity index (χ0v) is 14.6. The van der Waals surface area contributed by atoms with Crippen molar-refractivity contribution in [1.82, 2.24) is 5.43 Å². The minimum atomic E-state index is -0.301. The lowest BCUT2D eigenvalue weighted by Gasteiger charge is -2.06. The van der Waals surface area contributed by atoms with Gasteiger partial charge in [0.05, 0.1) is 6.21 Å². The highest BCUT2D eigenvalue weighted by Gasteiger charge is 2.02. The number of rotatable bonds is 6. The molecular weight excluding hydrogens is 332 g/mol. The van der Waals surface area contributed by atoms with Gasteiger partial charge < -0.3 is 4.74 Å². The van der Waals surface area contributed by atoms with Crippen LogP contribution in [0.3, 0.4) is 0 Å². The maximum atomic E-state index is 11.8. The first-order chi connectivity index (χ1) is 12.2. The van der Waals surface area contributed by atoms with E-state index in [9.17, 15) is 4.79 Å². The Morgan fingerprint density at radius 2 is 1.84 bits per heavy atom. The lowest BCUT2D eigenvalue weighted by molar-refractivity contribution is -0.123. The number of amides is 1. The first-order valence-corrected chi connectivity index (χ1v) is 9.04. The van der Waals surface area contributed by atoms with Crippen molar-refractivity contribution in [2.45, 2.75) is 4.90 Å². The molecule has 0 aromatic heterocycles. The Morgan fingerprint density at radius 1 is 1.08 bits per heavy atom. The van der Waals surface area contributed by atoms with Crippen molar-refractivity contribution in [3.63, 3.8) is 0 Å². The Hall–Kier alpha value is -2.79. The summed E-state index contributed by atoms with van der Waals surface area (Å²) in [6, 6.07) is 21.7. The Morgan fingerprint density at radius 3 is 2.60 bits per heavy atom. The summed E-state index contributed by atoms with van der Waals surface area (Å²) in [6.45, 7) is -0.0822. The van der Waals surface area contributed by atoms with Gasteiger partial charge in [-0.25, -0.2) is 5.43 Å². The van der Waals surface area contributed by atoms with E-state index in [4.69, 9.17) is 4.74 Å². The van der Waals surface area contributed by atoms with Gasteiger partial charge in [0.2, 0.25) is 0 Å². The molecule has 3 aromatic carbocycles. The number of ether oxygens (including phenoxy) is 1.